The lowest BCUT2D eigenvalue weighted by molar-refractivity contribution is -0.116. The number of hydrogen-bond acceptors (Lipinski definition) is 3. The fourth-order valence-electron chi connectivity index (χ4n) is 2.79. The lowest BCUT2D eigenvalue weighted by Crippen LogP contribution is -2.30. The van der Waals surface area contributed by atoms with E-state index < -0.39 is 0 Å². The summed E-state index contributed by atoms with van der Waals surface area (Å²) in [6.07, 6.45) is 4.19. The van der Waals surface area contributed by atoms with Crippen LogP contribution in [0.2, 0.25) is 0 Å². The fourth-order valence-corrected chi connectivity index (χ4v) is 2.79. The number of rotatable bonds is 4. The Morgan fingerprint density at radius 3 is 2.77 bits per heavy atom. The Morgan fingerprint density at radius 1 is 1.23 bits per heavy atom. The molecule has 22 heavy (non-hydrogen) atoms. The third-order valence-electron chi connectivity index (χ3n) is 3.96. The van der Waals surface area contributed by atoms with Crippen LogP contribution in [0.4, 0.5) is 11.5 Å². The summed E-state index contributed by atoms with van der Waals surface area (Å²) in [7, 11) is 0. The van der Waals surface area contributed by atoms with E-state index in [0.29, 0.717) is 6.42 Å². The standard InChI is InChI=1S/C18H21N3O/c1-2-5-18(22)20-16-8-9-17(19-12-16)21-11-10-14-6-3-4-7-15(14)13-21/h3-4,6-9,12H,2,5,10-11,13H2,1H3,(H,20,22). The number of nitrogens with one attached hydrogen (secondary N) is 1. The van der Waals surface area contributed by atoms with Crippen LogP contribution in [0.5, 0.6) is 0 Å². The minimum Gasteiger partial charge on any atom is -0.352 e. The smallest absolute Gasteiger partial charge is 0.224 e. The zero-order chi connectivity index (χ0) is 15.4. The highest BCUT2D eigenvalue weighted by atomic mass is 16.1. The molecule has 3 rings (SSSR count). The van der Waals surface area contributed by atoms with Gasteiger partial charge in [0.05, 0.1) is 11.9 Å². The molecule has 1 aromatic carbocycles. The molecule has 1 aliphatic rings. The summed E-state index contributed by atoms with van der Waals surface area (Å²) in [5.74, 6) is 1.01. The van der Waals surface area contributed by atoms with Crippen LogP contribution >= 0.6 is 0 Å². The number of carbonyl (C=O) groups is 1. The van der Waals surface area contributed by atoms with Crippen molar-refractivity contribution in [2.45, 2.75) is 32.7 Å². The van der Waals surface area contributed by atoms with Crippen molar-refractivity contribution in [1.29, 1.82) is 0 Å². The van der Waals surface area contributed by atoms with Crippen LogP contribution in [0.25, 0.3) is 0 Å². The van der Waals surface area contributed by atoms with Crippen molar-refractivity contribution in [2.75, 3.05) is 16.8 Å². The normalized spacial score (nSPS) is 13.6. The van der Waals surface area contributed by atoms with E-state index in [2.05, 4.69) is 39.5 Å². The second-order valence-electron chi connectivity index (χ2n) is 5.64. The summed E-state index contributed by atoms with van der Waals surface area (Å²) >= 11 is 0. The van der Waals surface area contributed by atoms with Crippen molar-refractivity contribution in [3.63, 3.8) is 0 Å². The number of aromatic nitrogens is 1. The molecular weight excluding hydrogens is 274 g/mol. The number of anilines is 2. The van der Waals surface area contributed by atoms with Gasteiger partial charge in [-0.15, -0.1) is 0 Å². The fraction of sp³-hybridized carbons (Fsp3) is 0.333. The molecule has 0 bridgehead atoms. The average Bonchev–Trinajstić information content (AvgIpc) is 2.55. The van der Waals surface area contributed by atoms with E-state index in [1.54, 1.807) is 6.20 Å². The number of benzene rings is 1. The van der Waals surface area contributed by atoms with E-state index in [0.717, 1.165) is 37.4 Å². The molecule has 1 aromatic heterocycles. The molecule has 0 aliphatic carbocycles. The molecule has 1 N–H and O–H groups in total. The molecule has 0 atom stereocenters. The Bertz CT molecular complexity index is 652. The van der Waals surface area contributed by atoms with Gasteiger partial charge in [0.15, 0.2) is 0 Å². The first kappa shape index (κ1) is 14.6. The van der Waals surface area contributed by atoms with Gasteiger partial charge in [-0.2, -0.15) is 0 Å². The van der Waals surface area contributed by atoms with Gasteiger partial charge >= 0.3 is 0 Å². The molecule has 0 radical (unpaired) electrons. The third-order valence-corrected chi connectivity index (χ3v) is 3.96. The van der Waals surface area contributed by atoms with Crippen LogP contribution in [0.3, 0.4) is 0 Å². The number of fused-ring (bicyclic) bond motifs is 1. The lowest BCUT2D eigenvalue weighted by atomic mass is 10.00. The zero-order valence-electron chi connectivity index (χ0n) is 12.9. The second kappa shape index (κ2) is 6.60. The number of nitrogens with zero attached hydrogens (tertiary/aromatic N) is 2. The summed E-state index contributed by atoms with van der Waals surface area (Å²) in [6, 6.07) is 12.5. The molecule has 0 unspecified atom stereocenters. The number of carbonyl (C=O) groups excluding carboxylic acids is 1. The summed E-state index contributed by atoms with van der Waals surface area (Å²) < 4.78 is 0. The summed E-state index contributed by atoms with van der Waals surface area (Å²) in [6.45, 7) is 3.87. The minimum absolute atomic E-state index is 0.0453. The third kappa shape index (κ3) is 3.27. The molecule has 1 aliphatic heterocycles. The van der Waals surface area contributed by atoms with Crippen molar-refractivity contribution in [3.8, 4) is 0 Å². The maximum Gasteiger partial charge on any atom is 0.224 e. The van der Waals surface area contributed by atoms with Gasteiger partial charge in [-0.25, -0.2) is 4.98 Å². The van der Waals surface area contributed by atoms with Gasteiger partial charge in [0.1, 0.15) is 5.82 Å². The highest BCUT2D eigenvalue weighted by molar-refractivity contribution is 5.90. The van der Waals surface area contributed by atoms with Crippen LogP contribution in [0.15, 0.2) is 42.6 Å². The Hall–Kier alpha value is -2.36. The summed E-state index contributed by atoms with van der Waals surface area (Å²) in [5, 5.41) is 2.87. The number of pyridine rings is 1. The minimum atomic E-state index is 0.0453. The van der Waals surface area contributed by atoms with Gasteiger partial charge in [-0.05, 0) is 36.1 Å². The van der Waals surface area contributed by atoms with Crippen molar-refractivity contribution in [1.82, 2.24) is 4.98 Å². The molecular formula is C18H21N3O. The maximum atomic E-state index is 11.6. The molecule has 2 aromatic rings. The first-order valence-corrected chi connectivity index (χ1v) is 7.84. The Labute approximate surface area is 131 Å². The summed E-state index contributed by atoms with van der Waals surface area (Å²) in [5.41, 5.74) is 3.57. The van der Waals surface area contributed by atoms with Crippen LogP contribution in [-0.4, -0.2) is 17.4 Å². The van der Waals surface area contributed by atoms with Crippen LogP contribution < -0.4 is 10.2 Å². The predicted molar refractivity (Wildman–Crippen MR) is 89.0 cm³/mol. The molecule has 0 spiro atoms. The van der Waals surface area contributed by atoms with Crippen LogP contribution in [0, 0.1) is 0 Å². The van der Waals surface area contributed by atoms with Crippen molar-refractivity contribution in [2.24, 2.45) is 0 Å². The molecule has 2 heterocycles. The van der Waals surface area contributed by atoms with Crippen LogP contribution in [-0.2, 0) is 17.8 Å². The Morgan fingerprint density at radius 2 is 2.05 bits per heavy atom. The van der Waals surface area contributed by atoms with Gasteiger partial charge in [-0.1, -0.05) is 31.2 Å². The van der Waals surface area contributed by atoms with E-state index in [9.17, 15) is 4.79 Å². The SMILES string of the molecule is CCCC(=O)Nc1ccc(N2CCc3ccccc3C2)nc1. The van der Waals surface area contributed by atoms with Gasteiger partial charge in [0.2, 0.25) is 5.91 Å². The van der Waals surface area contributed by atoms with Crippen molar-refractivity contribution in [3.05, 3.63) is 53.7 Å². The van der Waals surface area contributed by atoms with Gasteiger partial charge in [0.25, 0.3) is 0 Å². The van der Waals surface area contributed by atoms with E-state index in [4.69, 9.17) is 0 Å². The Kier molecular flexibility index (Phi) is 4.37. The first-order valence-electron chi connectivity index (χ1n) is 7.84. The van der Waals surface area contributed by atoms with Crippen LogP contribution in [0.1, 0.15) is 30.9 Å². The van der Waals surface area contributed by atoms with E-state index in [-0.39, 0.29) is 5.91 Å². The van der Waals surface area contributed by atoms with Gasteiger partial charge in [-0.3, -0.25) is 4.79 Å². The Balaban J connectivity index is 1.68. The zero-order valence-corrected chi connectivity index (χ0v) is 12.9. The first-order chi connectivity index (χ1) is 10.8. The highest BCUT2D eigenvalue weighted by Crippen LogP contribution is 2.23. The number of hydrogen-bond donors (Lipinski definition) is 1. The lowest BCUT2D eigenvalue weighted by Gasteiger charge is -2.29. The monoisotopic (exact) mass is 295 g/mol. The predicted octanol–water partition coefficient (Wildman–Crippen LogP) is 3.38. The largest absolute Gasteiger partial charge is 0.352 e. The van der Waals surface area contributed by atoms with E-state index in [1.165, 1.54) is 11.1 Å². The second-order valence-corrected chi connectivity index (χ2v) is 5.64. The molecule has 0 fully saturated rings. The molecule has 4 nitrogen and oxygen atoms in total. The molecule has 4 heteroatoms. The maximum absolute atomic E-state index is 11.6. The molecule has 114 valence electrons. The van der Waals surface area contributed by atoms with Crippen molar-refractivity contribution >= 4 is 17.4 Å². The quantitative estimate of drug-likeness (QED) is 0.940. The topological polar surface area (TPSA) is 45.2 Å². The molecule has 1 amide bonds. The van der Waals surface area contributed by atoms with Crippen molar-refractivity contribution < 1.29 is 4.79 Å². The average molecular weight is 295 g/mol. The van der Waals surface area contributed by atoms with E-state index >= 15 is 0 Å². The van der Waals surface area contributed by atoms with Gasteiger partial charge in [0, 0.05) is 19.5 Å². The van der Waals surface area contributed by atoms with Gasteiger partial charge < -0.3 is 10.2 Å². The highest BCUT2D eigenvalue weighted by Gasteiger charge is 2.16. The van der Waals surface area contributed by atoms with E-state index in [1.807, 2.05) is 19.1 Å². The molecule has 0 saturated carbocycles. The summed E-state index contributed by atoms with van der Waals surface area (Å²) in [4.78, 5) is 18.4. The molecule has 0 saturated heterocycles. The number of amides is 1.